The van der Waals surface area contributed by atoms with E-state index in [0.29, 0.717) is 12.5 Å². The highest BCUT2D eigenvalue weighted by molar-refractivity contribution is 7.98. The lowest BCUT2D eigenvalue weighted by Gasteiger charge is -2.24. The summed E-state index contributed by atoms with van der Waals surface area (Å²) in [5.41, 5.74) is 0. The van der Waals surface area contributed by atoms with Crippen LogP contribution in [0, 0.1) is 11.8 Å². The zero-order chi connectivity index (χ0) is 13.5. The number of aliphatic hydroxyl groups excluding tert-OH is 1. The van der Waals surface area contributed by atoms with E-state index in [9.17, 15) is 9.90 Å². The van der Waals surface area contributed by atoms with E-state index >= 15 is 0 Å². The molecule has 1 rings (SSSR count). The predicted octanol–water partition coefficient (Wildman–Crippen LogP) is 1.79. The summed E-state index contributed by atoms with van der Waals surface area (Å²) in [6.07, 6.45) is 4.83. The monoisotopic (exact) mass is 274 g/mol. The highest BCUT2D eigenvalue weighted by Gasteiger charge is 2.27. The molecule has 1 aliphatic rings. The van der Waals surface area contributed by atoms with Crippen LogP contribution in [0.4, 0.5) is 4.79 Å². The van der Waals surface area contributed by atoms with E-state index in [4.69, 9.17) is 0 Å². The van der Waals surface area contributed by atoms with Crippen molar-refractivity contribution < 1.29 is 9.90 Å². The van der Waals surface area contributed by atoms with Crippen LogP contribution in [-0.4, -0.2) is 54.3 Å². The van der Waals surface area contributed by atoms with Gasteiger partial charge in [0, 0.05) is 26.1 Å². The number of amides is 2. The average Bonchev–Trinajstić information content (AvgIpc) is 2.72. The van der Waals surface area contributed by atoms with Crippen molar-refractivity contribution >= 4 is 17.8 Å². The lowest BCUT2D eigenvalue weighted by atomic mass is 10.1. The first-order valence-electron chi connectivity index (χ1n) is 6.70. The summed E-state index contributed by atoms with van der Waals surface area (Å²) in [4.78, 5) is 13.6. The number of carbonyl (C=O) groups excluding carboxylic acids is 1. The molecule has 0 heterocycles. The number of hydrogen-bond acceptors (Lipinski definition) is 3. The summed E-state index contributed by atoms with van der Waals surface area (Å²) in [7, 11) is 1.81. The van der Waals surface area contributed by atoms with Crippen LogP contribution in [0.25, 0.3) is 0 Å². The number of nitrogens with zero attached hydrogens (tertiary/aromatic N) is 1. The van der Waals surface area contributed by atoms with Crippen molar-refractivity contribution in [2.75, 3.05) is 32.1 Å². The van der Waals surface area contributed by atoms with Crippen molar-refractivity contribution in [3.63, 3.8) is 0 Å². The van der Waals surface area contributed by atoms with Crippen molar-refractivity contribution in [2.45, 2.75) is 32.3 Å². The van der Waals surface area contributed by atoms with Crippen molar-refractivity contribution in [1.82, 2.24) is 10.2 Å². The van der Waals surface area contributed by atoms with Crippen molar-refractivity contribution in [3.8, 4) is 0 Å². The number of rotatable bonds is 6. The molecule has 2 N–H and O–H groups in total. The van der Waals surface area contributed by atoms with Crippen LogP contribution in [0.15, 0.2) is 0 Å². The normalized spacial score (nSPS) is 24.9. The van der Waals surface area contributed by atoms with Gasteiger partial charge in [-0.05, 0) is 30.8 Å². The molecule has 4 nitrogen and oxygen atoms in total. The van der Waals surface area contributed by atoms with Gasteiger partial charge in [-0.2, -0.15) is 11.8 Å². The first-order valence-corrected chi connectivity index (χ1v) is 8.10. The largest absolute Gasteiger partial charge is 0.393 e. The van der Waals surface area contributed by atoms with Gasteiger partial charge in [-0.1, -0.05) is 13.3 Å². The Bertz CT molecular complexity index is 263. The summed E-state index contributed by atoms with van der Waals surface area (Å²) in [5, 5.41) is 12.7. The Morgan fingerprint density at radius 3 is 2.83 bits per heavy atom. The molecule has 0 saturated heterocycles. The van der Waals surface area contributed by atoms with Crippen molar-refractivity contribution in [1.29, 1.82) is 0 Å². The Morgan fingerprint density at radius 2 is 2.28 bits per heavy atom. The molecule has 5 heteroatoms. The second kappa shape index (κ2) is 7.89. The van der Waals surface area contributed by atoms with Gasteiger partial charge in [-0.3, -0.25) is 0 Å². The first-order chi connectivity index (χ1) is 8.54. The molecule has 0 bridgehead atoms. The number of aliphatic hydroxyl groups is 1. The molecule has 1 saturated carbocycles. The van der Waals surface area contributed by atoms with Crippen molar-refractivity contribution in [2.24, 2.45) is 11.8 Å². The van der Waals surface area contributed by atoms with E-state index in [0.717, 1.165) is 31.6 Å². The van der Waals surface area contributed by atoms with Crippen LogP contribution in [0.3, 0.4) is 0 Å². The van der Waals surface area contributed by atoms with Gasteiger partial charge >= 0.3 is 6.03 Å². The number of carbonyl (C=O) groups is 1. The molecule has 1 aliphatic carbocycles. The molecule has 0 radical (unpaired) electrons. The lowest BCUT2D eigenvalue weighted by molar-refractivity contribution is 0.114. The third kappa shape index (κ3) is 5.06. The lowest BCUT2D eigenvalue weighted by Crippen LogP contribution is -2.42. The molecule has 0 aromatic heterocycles. The number of nitrogens with one attached hydrogen (secondary N) is 1. The predicted molar refractivity (Wildman–Crippen MR) is 76.9 cm³/mol. The van der Waals surface area contributed by atoms with E-state index in [2.05, 4.69) is 18.5 Å². The maximum Gasteiger partial charge on any atom is 0.317 e. The fourth-order valence-electron chi connectivity index (χ4n) is 2.40. The van der Waals surface area contributed by atoms with Gasteiger partial charge in [0.25, 0.3) is 0 Å². The molecule has 0 unspecified atom stereocenters. The molecule has 0 spiro atoms. The van der Waals surface area contributed by atoms with Crippen LogP contribution in [0.2, 0.25) is 0 Å². The minimum atomic E-state index is -0.226. The summed E-state index contributed by atoms with van der Waals surface area (Å²) < 4.78 is 0. The second-order valence-corrected chi connectivity index (χ2v) is 6.30. The number of hydrogen-bond donors (Lipinski definition) is 2. The van der Waals surface area contributed by atoms with Crippen LogP contribution < -0.4 is 5.32 Å². The standard InChI is InChI=1S/C13H26N2O2S/c1-10(9-18-3)7-14-13(17)15(2)8-11-5-4-6-12(11)16/h10-12,16H,4-9H2,1-3H3,(H,14,17)/t10-,11-,12-/m1/s1. The summed E-state index contributed by atoms with van der Waals surface area (Å²) in [6.45, 7) is 3.51. The molecule has 18 heavy (non-hydrogen) atoms. The molecule has 1 fully saturated rings. The Morgan fingerprint density at radius 1 is 1.56 bits per heavy atom. The third-order valence-electron chi connectivity index (χ3n) is 3.53. The van der Waals surface area contributed by atoms with E-state index in [1.54, 1.807) is 23.7 Å². The second-order valence-electron chi connectivity index (χ2n) is 5.39. The molecular formula is C13H26N2O2S. The van der Waals surface area contributed by atoms with E-state index in [-0.39, 0.29) is 18.1 Å². The van der Waals surface area contributed by atoms with E-state index in [1.165, 1.54) is 0 Å². The Balaban J connectivity index is 2.24. The molecule has 0 aromatic rings. The van der Waals surface area contributed by atoms with Crippen LogP contribution in [0.1, 0.15) is 26.2 Å². The first kappa shape index (κ1) is 15.6. The molecule has 3 atom stereocenters. The van der Waals surface area contributed by atoms with E-state index in [1.807, 2.05) is 0 Å². The van der Waals surface area contributed by atoms with Gasteiger partial charge in [0.2, 0.25) is 0 Å². The van der Waals surface area contributed by atoms with Crippen molar-refractivity contribution in [3.05, 3.63) is 0 Å². The number of urea groups is 1. The zero-order valence-corrected chi connectivity index (χ0v) is 12.5. The zero-order valence-electron chi connectivity index (χ0n) is 11.7. The van der Waals surface area contributed by atoms with E-state index < -0.39 is 0 Å². The molecule has 0 aliphatic heterocycles. The average molecular weight is 274 g/mol. The summed E-state index contributed by atoms with van der Waals surface area (Å²) in [5.74, 6) is 1.81. The molecule has 2 amide bonds. The third-order valence-corrected chi connectivity index (χ3v) is 4.43. The van der Waals surface area contributed by atoms with Gasteiger partial charge < -0.3 is 15.3 Å². The van der Waals surface area contributed by atoms with Crippen LogP contribution >= 0.6 is 11.8 Å². The Hall–Kier alpha value is -0.420. The van der Waals surface area contributed by atoms with Crippen LogP contribution in [0.5, 0.6) is 0 Å². The van der Waals surface area contributed by atoms with Crippen LogP contribution in [-0.2, 0) is 0 Å². The summed E-state index contributed by atoms with van der Waals surface area (Å²) >= 11 is 1.80. The molecule has 0 aromatic carbocycles. The fraction of sp³-hybridized carbons (Fsp3) is 0.923. The molecule has 106 valence electrons. The number of thioether (sulfide) groups is 1. The van der Waals surface area contributed by atoms with Gasteiger partial charge in [0.15, 0.2) is 0 Å². The van der Waals surface area contributed by atoms with Gasteiger partial charge in [-0.25, -0.2) is 4.79 Å². The quantitative estimate of drug-likeness (QED) is 0.776. The maximum atomic E-state index is 11.9. The maximum absolute atomic E-state index is 11.9. The highest BCUT2D eigenvalue weighted by Crippen LogP contribution is 2.25. The topological polar surface area (TPSA) is 52.6 Å². The minimum Gasteiger partial charge on any atom is -0.393 e. The highest BCUT2D eigenvalue weighted by atomic mass is 32.2. The van der Waals surface area contributed by atoms with Gasteiger partial charge in [0.05, 0.1) is 6.10 Å². The Labute approximate surface area is 115 Å². The minimum absolute atomic E-state index is 0.0259. The fourth-order valence-corrected chi connectivity index (χ4v) is 3.09. The smallest absolute Gasteiger partial charge is 0.317 e. The summed E-state index contributed by atoms with van der Waals surface area (Å²) in [6, 6.07) is -0.0259. The Kier molecular flexibility index (Phi) is 6.86. The van der Waals surface area contributed by atoms with Gasteiger partial charge in [0.1, 0.15) is 0 Å². The SMILES string of the molecule is CSC[C@H](C)CNC(=O)N(C)C[C@H]1CCC[C@H]1O. The molecular weight excluding hydrogens is 248 g/mol. The van der Waals surface area contributed by atoms with Gasteiger partial charge in [-0.15, -0.1) is 0 Å².